The van der Waals surface area contributed by atoms with E-state index in [-0.39, 0.29) is 0 Å². The summed E-state index contributed by atoms with van der Waals surface area (Å²) in [6.45, 7) is 1.99. The summed E-state index contributed by atoms with van der Waals surface area (Å²) in [5.41, 5.74) is 0.587. The molecule has 0 saturated carbocycles. The molecule has 0 aliphatic heterocycles. The molecule has 1 unspecified atom stereocenters. The molecule has 0 amide bonds. The van der Waals surface area contributed by atoms with Gasteiger partial charge in [-0.15, -0.1) is 11.3 Å². The molecule has 0 bridgehead atoms. The van der Waals surface area contributed by atoms with Gasteiger partial charge in [0.25, 0.3) is 0 Å². The van der Waals surface area contributed by atoms with Crippen molar-refractivity contribution in [2.75, 3.05) is 7.11 Å². The van der Waals surface area contributed by atoms with Gasteiger partial charge in [-0.1, -0.05) is 23.2 Å². The van der Waals surface area contributed by atoms with Gasteiger partial charge in [0.05, 0.1) is 17.2 Å². The van der Waals surface area contributed by atoms with E-state index in [1.165, 1.54) is 18.4 Å². The van der Waals surface area contributed by atoms with Crippen molar-refractivity contribution in [2.24, 2.45) is 0 Å². The molecule has 2 rings (SSSR count). The maximum absolute atomic E-state index is 10.3. The summed E-state index contributed by atoms with van der Waals surface area (Å²) in [5.74, 6) is 0.500. The van der Waals surface area contributed by atoms with Gasteiger partial charge in [0.2, 0.25) is 0 Å². The van der Waals surface area contributed by atoms with Gasteiger partial charge in [0.1, 0.15) is 11.9 Å². The normalized spacial score (nSPS) is 12.5. The van der Waals surface area contributed by atoms with E-state index in [1.54, 1.807) is 12.1 Å². The molecule has 1 heterocycles. The van der Waals surface area contributed by atoms with E-state index in [4.69, 9.17) is 27.9 Å². The van der Waals surface area contributed by atoms with Crippen LogP contribution in [0.15, 0.2) is 24.3 Å². The minimum atomic E-state index is -0.764. The van der Waals surface area contributed by atoms with Gasteiger partial charge < -0.3 is 9.84 Å². The van der Waals surface area contributed by atoms with Gasteiger partial charge in [0, 0.05) is 21.4 Å². The molecule has 18 heavy (non-hydrogen) atoms. The molecular weight excluding hydrogens is 291 g/mol. The standard InChI is InChI=1S/C13H12Cl2O2S/c1-7-3-4-12(18-7)13(16)8-5-10(15)11(17-2)6-9(8)14/h3-6,13,16H,1-2H3. The number of methoxy groups -OCH3 is 1. The summed E-state index contributed by atoms with van der Waals surface area (Å²) >= 11 is 13.7. The number of ether oxygens (including phenoxy) is 1. The number of hydrogen-bond acceptors (Lipinski definition) is 3. The molecule has 0 fully saturated rings. The molecule has 2 nitrogen and oxygen atoms in total. The Balaban J connectivity index is 2.42. The van der Waals surface area contributed by atoms with Crippen molar-refractivity contribution in [3.63, 3.8) is 0 Å². The smallest absolute Gasteiger partial charge is 0.138 e. The Hall–Kier alpha value is -0.740. The number of aliphatic hydroxyl groups excluding tert-OH is 1. The number of aryl methyl sites for hydroxylation is 1. The second kappa shape index (κ2) is 5.49. The van der Waals surface area contributed by atoms with Crippen LogP contribution < -0.4 is 4.74 Å². The summed E-state index contributed by atoms with van der Waals surface area (Å²) in [5, 5.41) is 11.2. The first kappa shape index (κ1) is 13.7. The SMILES string of the molecule is COc1cc(Cl)c(C(O)c2ccc(C)s2)cc1Cl. The Labute approximate surface area is 120 Å². The van der Waals surface area contributed by atoms with Crippen LogP contribution in [0, 0.1) is 6.92 Å². The Kier molecular flexibility index (Phi) is 4.17. The van der Waals surface area contributed by atoms with Gasteiger partial charge in [-0.05, 0) is 25.1 Å². The van der Waals surface area contributed by atoms with Gasteiger partial charge in [-0.3, -0.25) is 0 Å². The molecule has 1 N–H and O–H groups in total. The first-order valence-corrected chi connectivity index (χ1v) is 6.87. The van der Waals surface area contributed by atoms with Crippen LogP contribution in [0.5, 0.6) is 5.75 Å². The summed E-state index contributed by atoms with van der Waals surface area (Å²) in [6, 6.07) is 7.10. The van der Waals surface area contributed by atoms with Crippen molar-refractivity contribution in [3.05, 3.63) is 49.6 Å². The zero-order valence-electron chi connectivity index (χ0n) is 9.91. The lowest BCUT2D eigenvalue weighted by atomic mass is 10.1. The average molecular weight is 303 g/mol. The van der Waals surface area contributed by atoms with E-state index in [1.807, 2.05) is 19.1 Å². The van der Waals surface area contributed by atoms with Crippen LogP contribution in [0.2, 0.25) is 10.0 Å². The van der Waals surface area contributed by atoms with Gasteiger partial charge in [-0.25, -0.2) is 0 Å². The molecule has 0 aliphatic carbocycles. The van der Waals surface area contributed by atoms with Crippen LogP contribution in [-0.4, -0.2) is 12.2 Å². The van der Waals surface area contributed by atoms with Crippen LogP contribution in [0.3, 0.4) is 0 Å². The molecule has 0 spiro atoms. The molecule has 0 saturated heterocycles. The third kappa shape index (κ3) is 2.64. The molecule has 2 aromatic rings. The summed E-state index contributed by atoms with van der Waals surface area (Å²) < 4.78 is 5.07. The zero-order valence-corrected chi connectivity index (χ0v) is 12.2. The van der Waals surface area contributed by atoms with E-state index in [0.29, 0.717) is 21.4 Å². The maximum atomic E-state index is 10.3. The van der Waals surface area contributed by atoms with Crippen LogP contribution in [0.1, 0.15) is 21.4 Å². The zero-order chi connectivity index (χ0) is 13.3. The number of rotatable bonds is 3. The molecule has 96 valence electrons. The lowest BCUT2D eigenvalue weighted by Crippen LogP contribution is -1.99. The lowest BCUT2D eigenvalue weighted by molar-refractivity contribution is 0.224. The van der Waals surface area contributed by atoms with Crippen molar-refractivity contribution in [3.8, 4) is 5.75 Å². The maximum Gasteiger partial charge on any atom is 0.138 e. The largest absolute Gasteiger partial charge is 0.495 e. The van der Waals surface area contributed by atoms with Crippen molar-refractivity contribution in [1.82, 2.24) is 0 Å². The quantitative estimate of drug-likeness (QED) is 0.907. The molecule has 1 aromatic carbocycles. The van der Waals surface area contributed by atoms with Crippen molar-refractivity contribution in [2.45, 2.75) is 13.0 Å². The molecule has 0 radical (unpaired) electrons. The Morgan fingerprint density at radius 3 is 2.50 bits per heavy atom. The summed E-state index contributed by atoms with van der Waals surface area (Å²) in [4.78, 5) is 1.98. The van der Waals surface area contributed by atoms with E-state index in [0.717, 1.165) is 9.75 Å². The third-order valence-electron chi connectivity index (χ3n) is 2.60. The van der Waals surface area contributed by atoms with Crippen LogP contribution in [0.4, 0.5) is 0 Å². The minimum Gasteiger partial charge on any atom is -0.495 e. The lowest BCUT2D eigenvalue weighted by Gasteiger charge is -2.13. The summed E-state index contributed by atoms with van der Waals surface area (Å²) in [6.07, 6.45) is -0.764. The highest BCUT2D eigenvalue weighted by molar-refractivity contribution is 7.12. The topological polar surface area (TPSA) is 29.5 Å². The third-order valence-corrected chi connectivity index (χ3v) is 4.27. The number of halogens is 2. The minimum absolute atomic E-state index is 0.434. The van der Waals surface area contributed by atoms with Gasteiger partial charge in [-0.2, -0.15) is 0 Å². The highest BCUT2D eigenvalue weighted by atomic mass is 35.5. The van der Waals surface area contributed by atoms with E-state index >= 15 is 0 Å². The summed E-state index contributed by atoms with van der Waals surface area (Å²) in [7, 11) is 1.52. The average Bonchev–Trinajstić information content (AvgIpc) is 2.77. The fourth-order valence-electron chi connectivity index (χ4n) is 1.66. The van der Waals surface area contributed by atoms with E-state index < -0.39 is 6.10 Å². The first-order valence-electron chi connectivity index (χ1n) is 5.30. The highest BCUT2D eigenvalue weighted by Gasteiger charge is 2.18. The molecule has 5 heteroatoms. The second-order valence-corrected chi connectivity index (χ2v) is 5.99. The first-order chi connectivity index (χ1) is 8.52. The highest BCUT2D eigenvalue weighted by Crippen LogP contribution is 2.37. The molecule has 1 atom stereocenters. The van der Waals surface area contributed by atoms with E-state index in [2.05, 4.69) is 0 Å². The van der Waals surface area contributed by atoms with Crippen molar-refractivity contribution in [1.29, 1.82) is 0 Å². The molecule has 0 aliphatic rings. The molecule has 1 aromatic heterocycles. The van der Waals surface area contributed by atoms with Crippen molar-refractivity contribution >= 4 is 34.5 Å². The molecular formula is C13H12Cl2O2S. The number of benzene rings is 1. The predicted molar refractivity (Wildman–Crippen MR) is 76.1 cm³/mol. The van der Waals surface area contributed by atoms with Crippen molar-refractivity contribution < 1.29 is 9.84 Å². The fourth-order valence-corrected chi connectivity index (χ4v) is 3.05. The van der Waals surface area contributed by atoms with E-state index in [9.17, 15) is 5.11 Å². The van der Waals surface area contributed by atoms with Gasteiger partial charge >= 0.3 is 0 Å². The monoisotopic (exact) mass is 302 g/mol. The number of aliphatic hydroxyl groups is 1. The Morgan fingerprint density at radius 1 is 1.22 bits per heavy atom. The predicted octanol–water partition coefficient (Wildman–Crippen LogP) is 4.45. The van der Waals surface area contributed by atoms with Gasteiger partial charge in [0.15, 0.2) is 0 Å². The Morgan fingerprint density at radius 2 is 1.94 bits per heavy atom. The fraction of sp³-hybridized carbons (Fsp3) is 0.231. The number of hydrogen-bond donors (Lipinski definition) is 1. The second-order valence-electron chi connectivity index (χ2n) is 3.86. The van der Waals surface area contributed by atoms with Crippen LogP contribution in [-0.2, 0) is 0 Å². The van der Waals surface area contributed by atoms with Crippen LogP contribution >= 0.6 is 34.5 Å². The van der Waals surface area contributed by atoms with Crippen LogP contribution in [0.25, 0.3) is 0 Å². The number of thiophene rings is 1. The Bertz CT molecular complexity index is 566.